The standard InChI is InChI=1S/C16H16O/c1-2-15(17)12-14-10-6-7-11-16(14)13-8-4-3-5-9-13/h3-11H,2,12H2,1H3. The van der Waals surface area contributed by atoms with Crippen molar-refractivity contribution >= 4 is 5.78 Å². The number of hydrogen-bond acceptors (Lipinski definition) is 1. The van der Waals surface area contributed by atoms with Crippen LogP contribution in [-0.2, 0) is 11.2 Å². The lowest BCUT2D eigenvalue weighted by atomic mass is 9.96. The summed E-state index contributed by atoms with van der Waals surface area (Å²) in [5.41, 5.74) is 3.45. The van der Waals surface area contributed by atoms with Crippen LogP contribution in [0.2, 0.25) is 0 Å². The normalized spacial score (nSPS) is 10.2. The largest absolute Gasteiger partial charge is 0.299 e. The summed E-state index contributed by atoms with van der Waals surface area (Å²) < 4.78 is 0. The second-order valence-electron chi connectivity index (χ2n) is 4.09. The van der Waals surface area contributed by atoms with Gasteiger partial charge in [-0.25, -0.2) is 0 Å². The van der Waals surface area contributed by atoms with Crippen molar-refractivity contribution in [3.63, 3.8) is 0 Å². The predicted molar refractivity (Wildman–Crippen MR) is 70.9 cm³/mol. The number of benzene rings is 2. The molecule has 0 saturated carbocycles. The Morgan fingerprint density at radius 1 is 0.941 bits per heavy atom. The Balaban J connectivity index is 2.38. The summed E-state index contributed by atoms with van der Waals surface area (Å²) >= 11 is 0. The summed E-state index contributed by atoms with van der Waals surface area (Å²) in [5.74, 6) is 0.286. The Morgan fingerprint density at radius 3 is 2.29 bits per heavy atom. The van der Waals surface area contributed by atoms with Crippen molar-refractivity contribution in [2.75, 3.05) is 0 Å². The van der Waals surface area contributed by atoms with Gasteiger partial charge in [-0.15, -0.1) is 0 Å². The van der Waals surface area contributed by atoms with E-state index in [0.29, 0.717) is 12.8 Å². The Morgan fingerprint density at radius 2 is 1.59 bits per heavy atom. The van der Waals surface area contributed by atoms with Gasteiger partial charge in [-0.2, -0.15) is 0 Å². The summed E-state index contributed by atoms with van der Waals surface area (Å²) in [5, 5.41) is 0. The molecule has 0 radical (unpaired) electrons. The fourth-order valence-corrected chi connectivity index (χ4v) is 1.91. The molecule has 1 nitrogen and oxygen atoms in total. The maximum absolute atomic E-state index is 11.6. The fourth-order valence-electron chi connectivity index (χ4n) is 1.91. The predicted octanol–water partition coefficient (Wildman–Crippen LogP) is 3.88. The molecule has 0 aromatic heterocycles. The van der Waals surface area contributed by atoms with Gasteiger partial charge in [0.05, 0.1) is 0 Å². The van der Waals surface area contributed by atoms with Crippen LogP contribution in [-0.4, -0.2) is 5.78 Å². The Bertz CT molecular complexity index is 500. The minimum Gasteiger partial charge on any atom is -0.299 e. The number of ketones is 1. The van der Waals surface area contributed by atoms with Gasteiger partial charge in [-0.05, 0) is 16.7 Å². The van der Waals surface area contributed by atoms with Gasteiger partial charge in [0.1, 0.15) is 5.78 Å². The van der Waals surface area contributed by atoms with Gasteiger partial charge in [0, 0.05) is 12.8 Å². The van der Waals surface area contributed by atoms with Crippen molar-refractivity contribution in [2.45, 2.75) is 19.8 Å². The molecule has 0 saturated heterocycles. The van der Waals surface area contributed by atoms with Gasteiger partial charge < -0.3 is 0 Å². The first-order valence-electron chi connectivity index (χ1n) is 5.96. The molecular formula is C16H16O. The molecule has 0 spiro atoms. The van der Waals surface area contributed by atoms with Gasteiger partial charge in [-0.3, -0.25) is 4.79 Å². The van der Waals surface area contributed by atoms with Crippen LogP contribution in [0.4, 0.5) is 0 Å². The van der Waals surface area contributed by atoms with E-state index in [1.54, 1.807) is 0 Å². The van der Waals surface area contributed by atoms with E-state index in [1.807, 2.05) is 43.3 Å². The highest BCUT2D eigenvalue weighted by Crippen LogP contribution is 2.23. The van der Waals surface area contributed by atoms with Gasteiger partial charge in [-0.1, -0.05) is 61.5 Å². The van der Waals surface area contributed by atoms with Gasteiger partial charge in [0.15, 0.2) is 0 Å². The first-order valence-corrected chi connectivity index (χ1v) is 5.96. The highest BCUT2D eigenvalue weighted by Gasteiger charge is 2.07. The van der Waals surface area contributed by atoms with Crippen LogP contribution in [0.3, 0.4) is 0 Å². The number of hydrogen-bond donors (Lipinski definition) is 0. The third-order valence-electron chi connectivity index (χ3n) is 2.88. The quantitative estimate of drug-likeness (QED) is 0.770. The molecule has 0 amide bonds. The highest BCUT2D eigenvalue weighted by molar-refractivity contribution is 5.83. The van der Waals surface area contributed by atoms with Crippen LogP contribution in [0.5, 0.6) is 0 Å². The van der Waals surface area contributed by atoms with Crippen molar-refractivity contribution in [2.24, 2.45) is 0 Å². The lowest BCUT2D eigenvalue weighted by Crippen LogP contribution is -2.01. The number of Topliss-reactive ketones (excluding diaryl/α,β-unsaturated/α-hetero) is 1. The zero-order chi connectivity index (χ0) is 12.1. The number of rotatable bonds is 4. The van der Waals surface area contributed by atoms with Crippen molar-refractivity contribution in [3.8, 4) is 11.1 Å². The monoisotopic (exact) mass is 224 g/mol. The van der Waals surface area contributed by atoms with E-state index in [1.165, 1.54) is 5.56 Å². The molecule has 2 rings (SSSR count). The van der Waals surface area contributed by atoms with Crippen LogP contribution in [0.25, 0.3) is 11.1 Å². The molecule has 0 unspecified atom stereocenters. The molecule has 0 N–H and O–H groups in total. The Kier molecular flexibility index (Phi) is 3.71. The maximum Gasteiger partial charge on any atom is 0.137 e. The SMILES string of the molecule is CCC(=O)Cc1ccccc1-c1ccccc1. The smallest absolute Gasteiger partial charge is 0.137 e. The zero-order valence-corrected chi connectivity index (χ0v) is 10.0. The van der Waals surface area contributed by atoms with Crippen LogP contribution >= 0.6 is 0 Å². The maximum atomic E-state index is 11.6. The third-order valence-corrected chi connectivity index (χ3v) is 2.88. The topological polar surface area (TPSA) is 17.1 Å². The second kappa shape index (κ2) is 5.44. The van der Waals surface area contributed by atoms with E-state index in [2.05, 4.69) is 18.2 Å². The minimum atomic E-state index is 0.286. The Hall–Kier alpha value is -1.89. The molecule has 17 heavy (non-hydrogen) atoms. The van der Waals surface area contributed by atoms with Crippen LogP contribution < -0.4 is 0 Å². The summed E-state index contributed by atoms with van der Waals surface area (Å²) in [4.78, 5) is 11.6. The minimum absolute atomic E-state index is 0.286. The molecule has 2 aromatic carbocycles. The lowest BCUT2D eigenvalue weighted by molar-refractivity contribution is -0.118. The average Bonchev–Trinajstić information content (AvgIpc) is 2.40. The summed E-state index contributed by atoms with van der Waals surface area (Å²) in [6, 6.07) is 18.3. The molecule has 0 atom stereocenters. The fraction of sp³-hybridized carbons (Fsp3) is 0.188. The van der Waals surface area contributed by atoms with E-state index >= 15 is 0 Å². The van der Waals surface area contributed by atoms with Crippen LogP contribution in [0, 0.1) is 0 Å². The van der Waals surface area contributed by atoms with Gasteiger partial charge in [0.2, 0.25) is 0 Å². The molecule has 2 aromatic rings. The van der Waals surface area contributed by atoms with Crippen molar-refractivity contribution in [3.05, 3.63) is 60.2 Å². The summed E-state index contributed by atoms with van der Waals surface area (Å²) in [7, 11) is 0. The zero-order valence-electron chi connectivity index (χ0n) is 10.0. The molecule has 0 fully saturated rings. The van der Waals surface area contributed by atoms with Crippen molar-refractivity contribution in [1.29, 1.82) is 0 Å². The van der Waals surface area contributed by atoms with Gasteiger partial charge >= 0.3 is 0 Å². The number of carbonyl (C=O) groups is 1. The summed E-state index contributed by atoms with van der Waals surface area (Å²) in [6.45, 7) is 1.91. The Labute approximate surface area is 102 Å². The molecular weight excluding hydrogens is 208 g/mol. The van der Waals surface area contributed by atoms with E-state index in [4.69, 9.17) is 0 Å². The molecule has 0 aliphatic rings. The van der Waals surface area contributed by atoms with Crippen LogP contribution in [0.1, 0.15) is 18.9 Å². The average molecular weight is 224 g/mol. The van der Waals surface area contributed by atoms with Gasteiger partial charge in [0.25, 0.3) is 0 Å². The molecule has 0 aliphatic heterocycles. The van der Waals surface area contributed by atoms with Crippen molar-refractivity contribution in [1.82, 2.24) is 0 Å². The second-order valence-corrected chi connectivity index (χ2v) is 4.09. The summed E-state index contributed by atoms with van der Waals surface area (Å²) in [6.07, 6.45) is 1.13. The first-order chi connectivity index (χ1) is 8.31. The lowest BCUT2D eigenvalue weighted by Gasteiger charge is -2.08. The van der Waals surface area contributed by atoms with E-state index in [-0.39, 0.29) is 5.78 Å². The molecule has 0 bridgehead atoms. The molecule has 0 aliphatic carbocycles. The molecule has 0 heterocycles. The van der Waals surface area contributed by atoms with E-state index < -0.39 is 0 Å². The molecule has 86 valence electrons. The van der Waals surface area contributed by atoms with Crippen molar-refractivity contribution < 1.29 is 4.79 Å². The third kappa shape index (κ3) is 2.82. The highest BCUT2D eigenvalue weighted by atomic mass is 16.1. The molecule has 1 heteroatoms. The number of carbonyl (C=O) groups excluding carboxylic acids is 1. The van der Waals surface area contributed by atoms with E-state index in [0.717, 1.165) is 11.1 Å². The van der Waals surface area contributed by atoms with E-state index in [9.17, 15) is 4.79 Å². The van der Waals surface area contributed by atoms with Crippen LogP contribution in [0.15, 0.2) is 54.6 Å². The first kappa shape index (κ1) is 11.6.